The van der Waals surface area contributed by atoms with Crippen molar-refractivity contribution in [2.45, 2.75) is 33.1 Å². The first kappa shape index (κ1) is 13.4. The number of aromatic nitrogens is 2. The Kier molecular flexibility index (Phi) is 5.94. The summed E-state index contributed by atoms with van der Waals surface area (Å²) in [6.07, 6.45) is 6.55. The maximum absolute atomic E-state index is 4.10. The van der Waals surface area contributed by atoms with E-state index in [2.05, 4.69) is 36.8 Å². The molecular weight excluding hydrogens is 208 g/mol. The molecule has 0 fully saturated rings. The highest BCUT2D eigenvalue weighted by atomic mass is 14.7. The number of hydrogen-bond donors (Lipinski definition) is 0. The summed E-state index contributed by atoms with van der Waals surface area (Å²) >= 11 is 0. The highest BCUT2D eigenvalue weighted by Gasteiger charge is 1.94. The molecular formula is C15H20N2. The first-order valence-corrected chi connectivity index (χ1v) is 6.03. The highest BCUT2D eigenvalue weighted by molar-refractivity contribution is 5.12. The van der Waals surface area contributed by atoms with Crippen LogP contribution >= 0.6 is 0 Å². The van der Waals surface area contributed by atoms with Crippen molar-refractivity contribution >= 4 is 0 Å². The molecule has 90 valence electrons. The lowest BCUT2D eigenvalue weighted by Crippen LogP contribution is -1.85. The Balaban J connectivity index is 0.000000171. The van der Waals surface area contributed by atoms with E-state index in [9.17, 15) is 0 Å². The summed E-state index contributed by atoms with van der Waals surface area (Å²) in [5, 5.41) is 0. The SMILES string of the molecule is CC(C)c1cccnc1.CCc1ccccn1. The van der Waals surface area contributed by atoms with Crippen LogP contribution in [0.3, 0.4) is 0 Å². The van der Waals surface area contributed by atoms with Crippen LogP contribution in [0.1, 0.15) is 37.9 Å². The number of hydrogen-bond acceptors (Lipinski definition) is 2. The van der Waals surface area contributed by atoms with Crippen LogP contribution in [0.15, 0.2) is 48.9 Å². The fourth-order valence-corrected chi connectivity index (χ4v) is 1.32. The molecule has 0 spiro atoms. The second-order valence-corrected chi connectivity index (χ2v) is 4.12. The molecule has 2 heterocycles. The van der Waals surface area contributed by atoms with Gasteiger partial charge in [0.2, 0.25) is 0 Å². The molecule has 2 nitrogen and oxygen atoms in total. The van der Waals surface area contributed by atoms with Crippen molar-refractivity contribution in [1.82, 2.24) is 9.97 Å². The zero-order chi connectivity index (χ0) is 12.5. The second kappa shape index (κ2) is 7.55. The second-order valence-electron chi connectivity index (χ2n) is 4.12. The average molecular weight is 228 g/mol. The molecule has 17 heavy (non-hydrogen) atoms. The van der Waals surface area contributed by atoms with Crippen molar-refractivity contribution in [3.63, 3.8) is 0 Å². The van der Waals surface area contributed by atoms with Gasteiger partial charge in [-0.2, -0.15) is 0 Å². The molecule has 0 aromatic carbocycles. The first-order valence-electron chi connectivity index (χ1n) is 6.03. The van der Waals surface area contributed by atoms with E-state index in [0.717, 1.165) is 12.1 Å². The number of nitrogens with zero attached hydrogens (tertiary/aromatic N) is 2. The molecule has 0 unspecified atom stereocenters. The largest absolute Gasteiger partial charge is 0.264 e. The fourth-order valence-electron chi connectivity index (χ4n) is 1.32. The van der Waals surface area contributed by atoms with E-state index in [4.69, 9.17) is 0 Å². The molecule has 0 aliphatic rings. The van der Waals surface area contributed by atoms with E-state index in [-0.39, 0.29) is 0 Å². The molecule has 0 bridgehead atoms. The van der Waals surface area contributed by atoms with Gasteiger partial charge in [-0.1, -0.05) is 32.9 Å². The van der Waals surface area contributed by atoms with Gasteiger partial charge in [0, 0.05) is 24.3 Å². The van der Waals surface area contributed by atoms with Gasteiger partial charge in [-0.05, 0) is 36.1 Å². The smallest absolute Gasteiger partial charge is 0.0400 e. The molecule has 2 aromatic rings. The number of aryl methyl sites for hydroxylation is 1. The molecule has 0 saturated heterocycles. The lowest BCUT2D eigenvalue weighted by Gasteiger charge is -2.00. The number of pyridine rings is 2. The van der Waals surface area contributed by atoms with Crippen LogP contribution in [0.2, 0.25) is 0 Å². The Hall–Kier alpha value is -1.70. The standard InChI is InChI=1S/C8H11N.C7H9N/c1-7(2)8-4-3-5-9-6-8;1-2-7-5-3-4-6-8-7/h3-7H,1-2H3;3-6H,2H2,1H3. The summed E-state index contributed by atoms with van der Waals surface area (Å²) < 4.78 is 0. The van der Waals surface area contributed by atoms with Crippen molar-refractivity contribution in [3.05, 3.63) is 60.2 Å². The van der Waals surface area contributed by atoms with Crippen molar-refractivity contribution in [2.24, 2.45) is 0 Å². The topological polar surface area (TPSA) is 25.8 Å². The van der Waals surface area contributed by atoms with Crippen LogP contribution in [0.4, 0.5) is 0 Å². The van der Waals surface area contributed by atoms with Gasteiger partial charge >= 0.3 is 0 Å². The summed E-state index contributed by atoms with van der Waals surface area (Å²) in [4.78, 5) is 8.10. The quantitative estimate of drug-likeness (QED) is 0.780. The van der Waals surface area contributed by atoms with Crippen molar-refractivity contribution in [3.8, 4) is 0 Å². The maximum atomic E-state index is 4.10. The normalized spacial score (nSPS) is 9.65. The minimum absolute atomic E-state index is 0.596. The zero-order valence-electron chi connectivity index (χ0n) is 10.8. The van der Waals surface area contributed by atoms with Crippen LogP contribution in [-0.2, 0) is 6.42 Å². The first-order chi connectivity index (χ1) is 8.24. The van der Waals surface area contributed by atoms with Gasteiger partial charge < -0.3 is 0 Å². The minimum atomic E-state index is 0.596. The summed E-state index contributed by atoms with van der Waals surface area (Å²) in [6.45, 7) is 6.43. The van der Waals surface area contributed by atoms with E-state index in [1.807, 2.05) is 36.7 Å². The molecule has 0 radical (unpaired) electrons. The van der Waals surface area contributed by atoms with Crippen molar-refractivity contribution in [2.75, 3.05) is 0 Å². The lowest BCUT2D eigenvalue weighted by atomic mass is 10.1. The fraction of sp³-hybridized carbons (Fsp3) is 0.333. The van der Waals surface area contributed by atoms with Gasteiger partial charge in [0.1, 0.15) is 0 Å². The third kappa shape index (κ3) is 5.25. The lowest BCUT2D eigenvalue weighted by molar-refractivity contribution is 0.858. The highest BCUT2D eigenvalue weighted by Crippen LogP contribution is 2.10. The van der Waals surface area contributed by atoms with Gasteiger partial charge in [-0.25, -0.2) is 0 Å². The summed E-state index contributed by atoms with van der Waals surface area (Å²) in [7, 11) is 0. The van der Waals surface area contributed by atoms with Crippen LogP contribution in [-0.4, -0.2) is 9.97 Å². The van der Waals surface area contributed by atoms with Crippen molar-refractivity contribution in [1.29, 1.82) is 0 Å². The predicted molar refractivity (Wildman–Crippen MR) is 71.9 cm³/mol. The Labute approximate surface area is 104 Å². The zero-order valence-corrected chi connectivity index (χ0v) is 10.8. The van der Waals surface area contributed by atoms with Gasteiger partial charge in [0.25, 0.3) is 0 Å². The molecule has 0 saturated carbocycles. The minimum Gasteiger partial charge on any atom is -0.264 e. The van der Waals surface area contributed by atoms with Gasteiger partial charge in [-0.3, -0.25) is 9.97 Å². The maximum Gasteiger partial charge on any atom is 0.0400 e. The summed E-state index contributed by atoms with van der Waals surface area (Å²) in [5.74, 6) is 0.596. The van der Waals surface area contributed by atoms with Crippen LogP contribution < -0.4 is 0 Å². The van der Waals surface area contributed by atoms with Crippen LogP contribution in [0.5, 0.6) is 0 Å². The van der Waals surface area contributed by atoms with E-state index < -0.39 is 0 Å². The van der Waals surface area contributed by atoms with E-state index >= 15 is 0 Å². The molecule has 0 amide bonds. The van der Waals surface area contributed by atoms with Crippen LogP contribution in [0.25, 0.3) is 0 Å². The Morgan fingerprint density at radius 3 is 2.24 bits per heavy atom. The molecule has 2 rings (SSSR count). The van der Waals surface area contributed by atoms with Crippen molar-refractivity contribution < 1.29 is 0 Å². The number of rotatable bonds is 2. The molecule has 0 N–H and O–H groups in total. The van der Waals surface area contributed by atoms with E-state index in [0.29, 0.717) is 5.92 Å². The Bertz CT molecular complexity index is 396. The molecule has 0 atom stereocenters. The predicted octanol–water partition coefficient (Wildman–Crippen LogP) is 3.85. The van der Waals surface area contributed by atoms with E-state index in [1.54, 1.807) is 6.20 Å². The summed E-state index contributed by atoms with van der Waals surface area (Å²) in [5.41, 5.74) is 2.46. The van der Waals surface area contributed by atoms with Gasteiger partial charge in [0.05, 0.1) is 0 Å². The Morgan fingerprint density at radius 1 is 1.06 bits per heavy atom. The monoisotopic (exact) mass is 228 g/mol. The van der Waals surface area contributed by atoms with Crippen LogP contribution in [0, 0.1) is 0 Å². The molecule has 0 aliphatic heterocycles. The average Bonchev–Trinajstić information content (AvgIpc) is 2.41. The molecule has 0 aliphatic carbocycles. The van der Waals surface area contributed by atoms with Gasteiger partial charge in [-0.15, -0.1) is 0 Å². The third-order valence-corrected chi connectivity index (χ3v) is 2.44. The Morgan fingerprint density at radius 2 is 1.88 bits per heavy atom. The molecule has 2 heteroatoms. The molecule has 2 aromatic heterocycles. The van der Waals surface area contributed by atoms with Gasteiger partial charge in [0.15, 0.2) is 0 Å². The van der Waals surface area contributed by atoms with E-state index in [1.165, 1.54) is 5.56 Å². The summed E-state index contributed by atoms with van der Waals surface area (Å²) in [6, 6.07) is 10.0. The third-order valence-electron chi connectivity index (χ3n) is 2.44.